The molecule has 7 nitrogen and oxygen atoms in total. The minimum Gasteiger partial charge on any atom is -0.465 e. The zero-order valence-electron chi connectivity index (χ0n) is 15.5. The van der Waals surface area contributed by atoms with Crippen molar-refractivity contribution >= 4 is 23.4 Å². The third-order valence-electron chi connectivity index (χ3n) is 4.39. The van der Waals surface area contributed by atoms with Gasteiger partial charge in [0.25, 0.3) is 5.56 Å². The van der Waals surface area contributed by atoms with Gasteiger partial charge in [-0.1, -0.05) is 48.2 Å². The van der Waals surface area contributed by atoms with E-state index in [1.165, 1.54) is 20.8 Å². The molecule has 2 aromatic carbocycles. The van der Waals surface area contributed by atoms with Gasteiger partial charge in [0, 0.05) is 16.0 Å². The van der Waals surface area contributed by atoms with Crippen LogP contribution in [0, 0.1) is 0 Å². The fraction of sp³-hybridized carbons (Fsp3) is 0.0952. The van der Waals surface area contributed by atoms with Gasteiger partial charge in [0.05, 0.1) is 11.7 Å². The highest BCUT2D eigenvalue weighted by Gasteiger charge is 2.21. The first-order chi connectivity index (χ1) is 14.0. The van der Waals surface area contributed by atoms with Gasteiger partial charge in [-0.2, -0.15) is 5.10 Å². The van der Waals surface area contributed by atoms with Crippen LogP contribution in [0.2, 0.25) is 0 Å². The van der Waals surface area contributed by atoms with Crippen LogP contribution >= 0.6 is 11.8 Å². The van der Waals surface area contributed by atoms with Gasteiger partial charge >= 0.3 is 6.09 Å². The molecule has 2 aromatic heterocycles. The van der Waals surface area contributed by atoms with E-state index in [2.05, 4.69) is 10.4 Å². The molecule has 0 aliphatic carbocycles. The number of amides is 1. The number of rotatable bonds is 5. The lowest BCUT2D eigenvalue weighted by Crippen LogP contribution is -2.33. The van der Waals surface area contributed by atoms with Gasteiger partial charge in [0.1, 0.15) is 5.52 Å². The minimum atomic E-state index is -1.18. The van der Waals surface area contributed by atoms with Gasteiger partial charge in [-0.25, -0.2) is 9.31 Å². The van der Waals surface area contributed by atoms with Crippen molar-refractivity contribution in [3.63, 3.8) is 0 Å². The Kier molecular flexibility index (Phi) is 5.09. The second kappa shape index (κ2) is 7.84. The molecule has 0 spiro atoms. The summed E-state index contributed by atoms with van der Waals surface area (Å²) in [7, 11) is 0. The van der Waals surface area contributed by atoms with Crippen LogP contribution < -0.4 is 10.9 Å². The van der Waals surface area contributed by atoms with Crippen LogP contribution in [0.5, 0.6) is 0 Å². The summed E-state index contributed by atoms with van der Waals surface area (Å²) in [6.07, 6.45) is 0.535. The van der Waals surface area contributed by atoms with Crippen LogP contribution in [0.25, 0.3) is 11.2 Å². The summed E-state index contributed by atoms with van der Waals surface area (Å²) < 4.78 is 2.98. The summed E-state index contributed by atoms with van der Waals surface area (Å²) in [5, 5.41) is 16.1. The minimum absolute atomic E-state index is 0.260. The first kappa shape index (κ1) is 18.8. The maximum atomic E-state index is 13.5. The number of aromatic nitrogens is 3. The number of carbonyl (C=O) groups is 1. The normalized spacial score (nSPS) is 12.0. The Labute approximate surface area is 170 Å². The molecule has 0 aliphatic rings. The summed E-state index contributed by atoms with van der Waals surface area (Å²) >= 11 is 1.48. The summed E-state index contributed by atoms with van der Waals surface area (Å²) in [5.41, 5.74) is 0.802. The number of hydrogen-bond donors (Lipinski definition) is 2. The van der Waals surface area contributed by atoms with Gasteiger partial charge in [0.2, 0.25) is 0 Å². The predicted molar refractivity (Wildman–Crippen MR) is 111 cm³/mol. The van der Waals surface area contributed by atoms with Crippen molar-refractivity contribution in [3.8, 4) is 5.69 Å². The topological polar surface area (TPSA) is 88.6 Å². The molecule has 1 unspecified atom stereocenters. The van der Waals surface area contributed by atoms with Crippen molar-refractivity contribution in [3.05, 3.63) is 89.1 Å². The molecule has 8 heteroatoms. The van der Waals surface area contributed by atoms with Crippen LogP contribution in [0.1, 0.15) is 18.8 Å². The van der Waals surface area contributed by atoms with Crippen LogP contribution in [-0.4, -0.2) is 25.4 Å². The van der Waals surface area contributed by atoms with E-state index in [0.717, 1.165) is 9.79 Å². The Hall–Kier alpha value is -3.52. The highest BCUT2D eigenvalue weighted by atomic mass is 32.2. The lowest BCUT2D eigenvalue weighted by Gasteiger charge is -2.18. The first-order valence-corrected chi connectivity index (χ1v) is 9.78. The fourth-order valence-electron chi connectivity index (χ4n) is 3.11. The zero-order valence-corrected chi connectivity index (χ0v) is 16.3. The van der Waals surface area contributed by atoms with Crippen LogP contribution in [0.15, 0.2) is 87.5 Å². The maximum absolute atomic E-state index is 13.5. The van der Waals surface area contributed by atoms with Gasteiger partial charge in [-0.05, 0) is 37.3 Å². The van der Waals surface area contributed by atoms with Gasteiger partial charge in [-0.3, -0.25) is 9.36 Å². The monoisotopic (exact) mass is 406 g/mol. The molecule has 4 rings (SSSR count). The van der Waals surface area contributed by atoms with Crippen molar-refractivity contribution in [2.45, 2.75) is 22.8 Å². The SMILES string of the molecule is CC(NC(=O)O)c1nn2ccc(Sc3ccccc3)c2c(=O)n1-c1ccccc1. The van der Waals surface area contributed by atoms with E-state index in [1.54, 1.807) is 25.3 Å². The largest absolute Gasteiger partial charge is 0.465 e. The van der Waals surface area contributed by atoms with Crippen LogP contribution in [0.4, 0.5) is 4.79 Å². The molecule has 0 bridgehead atoms. The van der Waals surface area contributed by atoms with Gasteiger partial charge < -0.3 is 10.4 Å². The summed E-state index contributed by atoms with van der Waals surface area (Å²) in [5.74, 6) is 0.308. The number of benzene rings is 2. The van der Waals surface area contributed by atoms with Crippen molar-refractivity contribution in [2.75, 3.05) is 0 Å². The van der Waals surface area contributed by atoms with Crippen molar-refractivity contribution in [1.82, 2.24) is 19.5 Å². The van der Waals surface area contributed by atoms with E-state index in [-0.39, 0.29) is 5.56 Å². The molecule has 1 amide bonds. The molecule has 0 fully saturated rings. The average molecular weight is 406 g/mol. The third-order valence-corrected chi connectivity index (χ3v) is 5.44. The molecule has 0 radical (unpaired) electrons. The third kappa shape index (κ3) is 3.74. The maximum Gasteiger partial charge on any atom is 0.405 e. The molecular formula is C21H18N4O3S. The lowest BCUT2D eigenvalue weighted by atomic mass is 10.2. The number of fused-ring (bicyclic) bond motifs is 1. The Bertz CT molecular complexity index is 1220. The fourth-order valence-corrected chi connectivity index (χ4v) is 4.06. The van der Waals surface area contributed by atoms with E-state index < -0.39 is 12.1 Å². The van der Waals surface area contributed by atoms with E-state index in [4.69, 9.17) is 5.11 Å². The van der Waals surface area contributed by atoms with Crippen molar-refractivity contribution in [1.29, 1.82) is 0 Å². The number of nitrogens with zero attached hydrogens (tertiary/aromatic N) is 3. The highest BCUT2D eigenvalue weighted by Crippen LogP contribution is 2.30. The number of nitrogens with one attached hydrogen (secondary N) is 1. The molecule has 4 aromatic rings. The van der Waals surface area contributed by atoms with Crippen LogP contribution in [-0.2, 0) is 0 Å². The summed E-state index contributed by atoms with van der Waals surface area (Å²) in [4.78, 5) is 26.5. The Balaban J connectivity index is 1.92. The molecule has 146 valence electrons. The van der Waals surface area contributed by atoms with Gasteiger partial charge in [-0.15, -0.1) is 0 Å². The Morgan fingerprint density at radius 2 is 1.72 bits per heavy atom. The summed E-state index contributed by atoms with van der Waals surface area (Å²) in [6.45, 7) is 1.66. The second-order valence-corrected chi connectivity index (χ2v) is 7.51. The van der Waals surface area contributed by atoms with Crippen molar-refractivity contribution < 1.29 is 9.90 Å². The Morgan fingerprint density at radius 1 is 1.07 bits per heavy atom. The molecular weight excluding hydrogens is 388 g/mol. The molecule has 1 atom stereocenters. The van der Waals surface area contributed by atoms with Crippen LogP contribution in [0.3, 0.4) is 0 Å². The Morgan fingerprint density at radius 3 is 2.38 bits per heavy atom. The number of hydrogen-bond acceptors (Lipinski definition) is 4. The molecule has 0 aliphatic heterocycles. The number of para-hydroxylation sites is 1. The quantitative estimate of drug-likeness (QED) is 0.524. The average Bonchev–Trinajstić information content (AvgIpc) is 3.12. The molecule has 0 saturated carbocycles. The predicted octanol–water partition coefficient (Wildman–Crippen LogP) is 3.97. The summed E-state index contributed by atoms with van der Waals surface area (Å²) in [6, 6.07) is 20.0. The number of carboxylic acid groups (broad SMARTS) is 1. The molecule has 2 N–H and O–H groups in total. The molecule has 29 heavy (non-hydrogen) atoms. The first-order valence-electron chi connectivity index (χ1n) is 8.96. The van der Waals surface area contributed by atoms with E-state index >= 15 is 0 Å². The van der Waals surface area contributed by atoms with E-state index in [9.17, 15) is 9.59 Å². The second-order valence-electron chi connectivity index (χ2n) is 6.39. The van der Waals surface area contributed by atoms with E-state index in [0.29, 0.717) is 17.0 Å². The molecule has 0 saturated heterocycles. The molecule has 2 heterocycles. The lowest BCUT2D eigenvalue weighted by molar-refractivity contribution is 0.190. The standard InChI is InChI=1S/C21H18N4O3S/c1-14(22-21(27)28)19-23-24-13-12-17(29-16-10-6-3-7-11-16)18(24)20(26)25(19)15-8-4-2-5-9-15/h2-14,22H,1H3,(H,27,28). The smallest absolute Gasteiger partial charge is 0.405 e. The van der Waals surface area contributed by atoms with Gasteiger partial charge in [0.15, 0.2) is 5.82 Å². The van der Waals surface area contributed by atoms with Crippen molar-refractivity contribution in [2.24, 2.45) is 0 Å². The highest BCUT2D eigenvalue weighted by molar-refractivity contribution is 7.99. The zero-order chi connectivity index (χ0) is 20.4. The van der Waals surface area contributed by atoms with E-state index in [1.807, 2.05) is 54.6 Å².